The SMILES string of the molecule is OC1(c2ccccn2)CCN(C2CN3CCC2CC3)CC1. The summed E-state index contributed by atoms with van der Waals surface area (Å²) in [5.74, 6) is 0.885. The third kappa shape index (κ3) is 2.50. The molecule has 4 saturated heterocycles. The topological polar surface area (TPSA) is 39.6 Å². The molecule has 1 atom stereocenters. The van der Waals surface area contributed by atoms with Crippen molar-refractivity contribution in [1.29, 1.82) is 0 Å². The number of aliphatic hydroxyl groups is 1. The molecule has 0 aliphatic carbocycles. The highest BCUT2D eigenvalue weighted by atomic mass is 16.3. The molecule has 0 aromatic carbocycles. The smallest absolute Gasteiger partial charge is 0.109 e. The first-order valence-corrected chi connectivity index (χ1v) is 8.35. The number of fused-ring (bicyclic) bond motifs is 3. The van der Waals surface area contributed by atoms with Crippen LogP contribution in [0.3, 0.4) is 0 Å². The molecule has 4 aliphatic rings. The van der Waals surface area contributed by atoms with E-state index in [0.717, 1.165) is 43.6 Å². The second-order valence-corrected chi connectivity index (χ2v) is 6.99. The number of hydrogen-bond acceptors (Lipinski definition) is 4. The van der Waals surface area contributed by atoms with Gasteiger partial charge in [0.05, 0.1) is 5.69 Å². The molecule has 1 aromatic heterocycles. The molecule has 0 amide bonds. The summed E-state index contributed by atoms with van der Waals surface area (Å²) in [5, 5.41) is 10.9. The molecule has 5 rings (SSSR count). The summed E-state index contributed by atoms with van der Waals surface area (Å²) in [4.78, 5) is 9.62. The van der Waals surface area contributed by atoms with E-state index in [4.69, 9.17) is 0 Å². The Hall–Kier alpha value is -0.970. The number of rotatable bonds is 2. The van der Waals surface area contributed by atoms with Crippen LogP contribution >= 0.6 is 0 Å². The van der Waals surface area contributed by atoms with Gasteiger partial charge >= 0.3 is 0 Å². The molecule has 4 heteroatoms. The summed E-state index contributed by atoms with van der Waals surface area (Å²) >= 11 is 0. The summed E-state index contributed by atoms with van der Waals surface area (Å²) in [5.41, 5.74) is 0.129. The quantitative estimate of drug-likeness (QED) is 0.894. The second kappa shape index (κ2) is 5.34. The third-order valence-electron chi connectivity index (χ3n) is 5.86. The first-order valence-electron chi connectivity index (χ1n) is 8.35. The summed E-state index contributed by atoms with van der Waals surface area (Å²) in [6.07, 6.45) is 6.14. The molecule has 4 fully saturated rings. The summed E-state index contributed by atoms with van der Waals surface area (Å²) in [7, 11) is 0. The van der Waals surface area contributed by atoms with Crippen molar-refractivity contribution >= 4 is 0 Å². The predicted octanol–water partition coefficient (Wildman–Crippen LogP) is 1.46. The number of nitrogens with zero attached hydrogens (tertiary/aromatic N) is 3. The fourth-order valence-electron chi connectivity index (χ4n) is 4.47. The van der Waals surface area contributed by atoms with Crippen LogP contribution in [0.2, 0.25) is 0 Å². The van der Waals surface area contributed by atoms with Crippen LogP contribution in [0.15, 0.2) is 24.4 Å². The van der Waals surface area contributed by atoms with Crippen molar-refractivity contribution < 1.29 is 5.11 Å². The van der Waals surface area contributed by atoms with Crippen LogP contribution in [0.5, 0.6) is 0 Å². The summed E-state index contributed by atoms with van der Waals surface area (Å²) in [6.45, 7) is 5.84. The molecular formula is C17H25N3O. The largest absolute Gasteiger partial charge is 0.383 e. The number of piperidine rings is 4. The van der Waals surface area contributed by atoms with Gasteiger partial charge in [0.2, 0.25) is 0 Å². The number of likely N-dealkylation sites (tertiary alicyclic amines) is 1. The predicted molar refractivity (Wildman–Crippen MR) is 81.9 cm³/mol. The van der Waals surface area contributed by atoms with Gasteiger partial charge in [0, 0.05) is 31.9 Å². The molecule has 1 N–H and O–H groups in total. The molecule has 0 radical (unpaired) electrons. The van der Waals surface area contributed by atoms with Gasteiger partial charge in [-0.15, -0.1) is 0 Å². The minimum atomic E-state index is -0.717. The van der Waals surface area contributed by atoms with Crippen molar-refractivity contribution in [1.82, 2.24) is 14.8 Å². The minimum absolute atomic E-state index is 0.717. The molecule has 4 aliphatic heterocycles. The van der Waals surface area contributed by atoms with Crippen molar-refractivity contribution in [3.8, 4) is 0 Å². The van der Waals surface area contributed by atoms with Gasteiger partial charge < -0.3 is 10.0 Å². The summed E-state index contributed by atoms with van der Waals surface area (Å²) in [6, 6.07) is 6.57. The van der Waals surface area contributed by atoms with E-state index in [1.165, 1.54) is 32.5 Å². The van der Waals surface area contributed by atoms with E-state index in [0.29, 0.717) is 0 Å². The van der Waals surface area contributed by atoms with E-state index in [9.17, 15) is 5.11 Å². The van der Waals surface area contributed by atoms with Crippen LogP contribution < -0.4 is 0 Å². The Kier molecular flexibility index (Phi) is 3.48. The zero-order valence-corrected chi connectivity index (χ0v) is 12.6. The molecule has 21 heavy (non-hydrogen) atoms. The van der Waals surface area contributed by atoms with E-state index >= 15 is 0 Å². The van der Waals surface area contributed by atoms with Gasteiger partial charge in [-0.1, -0.05) is 6.07 Å². The van der Waals surface area contributed by atoms with Crippen LogP contribution in [0.4, 0.5) is 0 Å². The molecule has 5 heterocycles. The lowest BCUT2D eigenvalue weighted by atomic mass is 9.80. The third-order valence-corrected chi connectivity index (χ3v) is 5.86. The average molecular weight is 287 g/mol. The molecule has 2 bridgehead atoms. The van der Waals surface area contributed by atoms with Crippen molar-refractivity contribution in [2.45, 2.75) is 37.3 Å². The van der Waals surface area contributed by atoms with Gasteiger partial charge in [-0.05, 0) is 56.8 Å². The first-order chi connectivity index (χ1) is 10.2. The Balaban J connectivity index is 1.43. The summed E-state index contributed by atoms with van der Waals surface area (Å²) < 4.78 is 0. The van der Waals surface area contributed by atoms with Gasteiger partial charge in [0.15, 0.2) is 0 Å². The molecule has 114 valence electrons. The molecule has 1 unspecified atom stereocenters. The van der Waals surface area contributed by atoms with Gasteiger partial charge in [0.25, 0.3) is 0 Å². The molecular weight excluding hydrogens is 262 g/mol. The van der Waals surface area contributed by atoms with Gasteiger partial charge in [-0.2, -0.15) is 0 Å². The van der Waals surface area contributed by atoms with E-state index in [-0.39, 0.29) is 0 Å². The number of aromatic nitrogens is 1. The Labute approximate surface area is 126 Å². The highest BCUT2D eigenvalue weighted by molar-refractivity contribution is 5.14. The molecule has 0 saturated carbocycles. The minimum Gasteiger partial charge on any atom is -0.383 e. The van der Waals surface area contributed by atoms with E-state index in [1.807, 2.05) is 18.2 Å². The fourth-order valence-corrected chi connectivity index (χ4v) is 4.47. The highest BCUT2D eigenvalue weighted by Crippen LogP contribution is 2.36. The van der Waals surface area contributed by atoms with Crippen LogP contribution in [-0.4, -0.2) is 58.7 Å². The van der Waals surface area contributed by atoms with Crippen molar-refractivity contribution in [3.63, 3.8) is 0 Å². The monoisotopic (exact) mass is 287 g/mol. The zero-order valence-electron chi connectivity index (χ0n) is 12.6. The molecule has 4 nitrogen and oxygen atoms in total. The van der Waals surface area contributed by atoms with Gasteiger partial charge in [-0.25, -0.2) is 0 Å². The first kappa shape index (κ1) is 13.7. The lowest BCUT2D eigenvalue weighted by molar-refractivity contribution is -0.0670. The standard InChI is InChI=1S/C17H25N3O/c21-17(16-3-1-2-8-18-16)6-11-20(12-7-17)15-13-19-9-4-14(15)5-10-19/h1-3,8,14-15,21H,4-7,9-13H2. The zero-order chi connectivity index (χ0) is 14.3. The van der Waals surface area contributed by atoms with E-state index < -0.39 is 5.60 Å². The van der Waals surface area contributed by atoms with Crippen LogP contribution in [0, 0.1) is 5.92 Å². The van der Waals surface area contributed by atoms with E-state index in [1.54, 1.807) is 6.20 Å². The van der Waals surface area contributed by atoms with Crippen molar-refractivity contribution in [3.05, 3.63) is 30.1 Å². The Bertz CT molecular complexity index is 476. The van der Waals surface area contributed by atoms with Crippen LogP contribution in [-0.2, 0) is 5.60 Å². The maximum absolute atomic E-state index is 10.9. The Morgan fingerprint density at radius 3 is 2.43 bits per heavy atom. The van der Waals surface area contributed by atoms with Crippen LogP contribution in [0.25, 0.3) is 0 Å². The maximum Gasteiger partial charge on any atom is 0.109 e. The molecule has 0 spiro atoms. The maximum atomic E-state index is 10.9. The van der Waals surface area contributed by atoms with E-state index in [2.05, 4.69) is 14.8 Å². The number of pyridine rings is 1. The fraction of sp³-hybridized carbons (Fsp3) is 0.706. The van der Waals surface area contributed by atoms with Crippen molar-refractivity contribution in [2.75, 3.05) is 32.7 Å². The Morgan fingerprint density at radius 2 is 1.86 bits per heavy atom. The highest BCUT2D eigenvalue weighted by Gasteiger charge is 2.42. The second-order valence-electron chi connectivity index (χ2n) is 6.99. The average Bonchev–Trinajstić information content (AvgIpc) is 2.57. The van der Waals surface area contributed by atoms with Crippen molar-refractivity contribution in [2.24, 2.45) is 5.92 Å². The van der Waals surface area contributed by atoms with Gasteiger partial charge in [0.1, 0.15) is 5.60 Å². The van der Waals surface area contributed by atoms with Crippen LogP contribution in [0.1, 0.15) is 31.4 Å². The number of hydrogen-bond donors (Lipinski definition) is 1. The lowest BCUT2D eigenvalue weighted by Gasteiger charge is -2.51. The van der Waals surface area contributed by atoms with Gasteiger partial charge in [-0.3, -0.25) is 9.88 Å². The Morgan fingerprint density at radius 1 is 1.10 bits per heavy atom. The normalized spacial score (nSPS) is 35.8. The lowest BCUT2D eigenvalue weighted by Crippen LogP contribution is -2.59. The molecule has 1 aromatic rings.